The number of aliphatic carboxylic acids is 1. The summed E-state index contributed by atoms with van der Waals surface area (Å²) in [6.07, 6.45) is 1.22. The molecule has 0 aliphatic carbocycles. The normalized spacial score (nSPS) is 20.3. The maximum Gasteiger partial charge on any atom is 0.305 e. The van der Waals surface area contributed by atoms with Crippen LogP contribution in [0.3, 0.4) is 0 Å². The number of carbonyl (C=O) groups is 1. The van der Waals surface area contributed by atoms with Gasteiger partial charge in [0.1, 0.15) is 0 Å². The molecule has 0 radical (unpaired) electrons. The molecule has 0 spiro atoms. The highest BCUT2D eigenvalue weighted by Crippen LogP contribution is 2.17. The summed E-state index contributed by atoms with van der Waals surface area (Å²) in [6.45, 7) is 2.25. The molecule has 0 amide bonds. The average molecular weight is 313 g/mol. The minimum absolute atomic E-state index is 0.0431. The molecule has 1 fully saturated rings. The van der Waals surface area contributed by atoms with E-state index in [0.717, 1.165) is 5.56 Å². The summed E-state index contributed by atoms with van der Waals surface area (Å²) >= 11 is 0. The molecule has 1 heterocycles. The van der Waals surface area contributed by atoms with Crippen LogP contribution in [0, 0.1) is 0 Å². The topological polar surface area (TPSA) is 83.9 Å². The van der Waals surface area contributed by atoms with Gasteiger partial charge in [-0.2, -0.15) is 0 Å². The fourth-order valence-electron chi connectivity index (χ4n) is 2.36. The number of ether oxygens (including phenoxy) is 1. The lowest BCUT2D eigenvalue weighted by Crippen LogP contribution is -2.45. The van der Waals surface area contributed by atoms with Crippen LogP contribution in [0.5, 0.6) is 0 Å². The zero-order chi connectivity index (χ0) is 15.5. The van der Waals surface area contributed by atoms with Crippen molar-refractivity contribution in [1.29, 1.82) is 0 Å². The van der Waals surface area contributed by atoms with E-state index in [2.05, 4.69) is 4.90 Å². The van der Waals surface area contributed by atoms with E-state index < -0.39 is 15.8 Å². The molecular formula is C14H19NO5S. The Morgan fingerprint density at radius 2 is 2.05 bits per heavy atom. The van der Waals surface area contributed by atoms with Crippen molar-refractivity contribution in [3.05, 3.63) is 29.8 Å². The predicted molar refractivity (Wildman–Crippen MR) is 76.8 cm³/mol. The first-order valence-electron chi connectivity index (χ1n) is 6.69. The Hall–Kier alpha value is -1.44. The summed E-state index contributed by atoms with van der Waals surface area (Å²) in [6, 6.07) is 6.55. The summed E-state index contributed by atoms with van der Waals surface area (Å²) in [4.78, 5) is 13.2. The van der Waals surface area contributed by atoms with Crippen LogP contribution in [0.1, 0.15) is 12.0 Å². The minimum Gasteiger partial charge on any atom is -0.481 e. The molecule has 1 saturated heterocycles. The number of carboxylic acids is 1. The molecular weight excluding hydrogens is 294 g/mol. The molecule has 1 N–H and O–H groups in total. The zero-order valence-electron chi connectivity index (χ0n) is 11.9. The molecule has 21 heavy (non-hydrogen) atoms. The van der Waals surface area contributed by atoms with Crippen LogP contribution in [0.2, 0.25) is 0 Å². The number of hydrogen-bond donors (Lipinski definition) is 1. The second kappa shape index (κ2) is 6.55. The van der Waals surface area contributed by atoms with Crippen LogP contribution in [-0.4, -0.2) is 56.4 Å². The lowest BCUT2D eigenvalue weighted by molar-refractivity contribution is -0.140. The highest BCUT2D eigenvalue weighted by Gasteiger charge is 2.25. The quantitative estimate of drug-likeness (QED) is 0.864. The Bertz CT molecular complexity index is 596. The van der Waals surface area contributed by atoms with E-state index in [0.29, 0.717) is 26.3 Å². The van der Waals surface area contributed by atoms with Crippen molar-refractivity contribution in [2.24, 2.45) is 0 Å². The maximum atomic E-state index is 11.4. The maximum absolute atomic E-state index is 11.4. The van der Waals surface area contributed by atoms with Gasteiger partial charge in [-0.05, 0) is 17.7 Å². The van der Waals surface area contributed by atoms with Crippen molar-refractivity contribution < 1.29 is 23.1 Å². The molecule has 1 aromatic carbocycles. The van der Waals surface area contributed by atoms with Crippen molar-refractivity contribution in [3.63, 3.8) is 0 Å². The third kappa shape index (κ3) is 4.52. The van der Waals surface area contributed by atoms with E-state index in [-0.39, 0.29) is 17.4 Å². The summed E-state index contributed by atoms with van der Waals surface area (Å²) in [5.41, 5.74) is 0.958. The van der Waals surface area contributed by atoms with Gasteiger partial charge in [-0.15, -0.1) is 0 Å². The first-order valence-corrected chi connectivity index (χ1v) is 8.58. The van der Waals surface area contributed by atoms with Crippen molar-refractivity contribution in [2.45, 2.75) is 23.9 Å². The second-order valence-corrected chi connectivity index (χ2v) is 7.23. The van der Waals surface area contributed by atoms with Crippen LogP contribution >= 0.6 is 0 Å². The minimum atomic E-state index is -3.19. The van der Waals surface area contributed by atoms with E-state index >= 15 is 0 Å². The lowest BCUT2D eigenvalue weighted by atomic mass is 10.1. The van der Waals surface area contributed by atoms with Crippen LogP contribution in [-0.2, 0) is 25.9 Å². The van der Waals surface area contributed by atoms with Crippen molar-refractivity contribution in [2.75, 3.05) is 26.0 Å². The zero-order valence-corrected chi connectivity index (χ0v) is 12.7. The molecule has 6 nitrogen and oxygen atoms in total. The predicted octanol–water partition coefficient (Wildman–Crippen LogP) is 0.766. The lowest BCUT2D eigenvalue weighted by Gasteiger charge is -2.34. The highest BCUT2D eigenvalue weighted by atomic mass is 32.2. The number of benzene rings is 1. The number of rotatable bonds is 5. The third-order valence-corrected chi connectivity index (χ3v) is 4.63. The summed E-state index contributed by atoms with van der Waals surface area (Å²) in [7, 11) is -3.19. The van der Waals surface area contributed by atoms with Gasteiger partial charge in [0.25, 0.3) is 0 Å². The van der Waals surface area contributed by atoms with Gasteiger partial charge in [0.15, 0.2) is 9.84 Å². The van der Waals surface area contributed by atoms with Gasteiger partial charge in [0.05, 0.1) is 24.5 Å². The Morgan fingerprint density at radius 3 is 2.62 bits per heavy atom. The number of carboxylic acid groups (broad SMARTS) is 1. The largest absolute Gasteiger partial charge is 0.481 e. The molecule has 0 saturated carbocycles. The Kier molecular flexibility index (Phi) is 4.97. The van der Waals surface area contributed by atoms with Crippen LogP contribution in [0.4, 0.5) is 0 Å². The molecule has 1 unspecified atom stereocenters. The molecule has 116 valence electrons. The number of sulfone groups is 1. The molecule has 1 atom stereocenters. The van der Waals surface area contributed by atoms with Crippen LogP contribution in [0.15, 0.2) is 29.2 Å². The average Bonchev–Trinajstić information content (AvgIpc) is 2.40. The van der Waals surface area contributed by atoms with Gasteiger partial charge in [-0.25, -0.2) is 8.42 Å². The number of hydrogen-bond acceptors (Lipinski definition) is 5. The van der Waals surface area contributed by atoms with Gasteiger partial charge in [-0.3, -0.25) is 9.69 Å². The smallest absolute Gasteiger partial charge is 0.305 e. The van der Waals surface area contributed by atoms with Crippen molar-refractivity contribution in [3.8, 4) is 0 Å². The van der Waals surface area contributed by atoms with Gasteiger partial charge in [0, 0.05) is 25.4 Å². The molecule has 7 heteroatoms. The highest BCUT2D eigenvalue weighted by molar-refractivity contribution is 7.90. The molecule has 1 aliphatic heterocycles. The molecule has 1 aromatic rings. The molecule has 2 rings (SSSR count). The SMILES string of the molecule is CS(=O)(=O)c1ccc(CN2CCOCC2CC(=O)O)cc1. The fraction of sp³-hybridized carbons (Fsp3) is 0.500. The summed E-state index contributed by atoms with van der Waals surface area (Å²) in [5.74, 6) is -0.845. The van der Waals surface area contributed by atoms with E-state index in [9.17, 15) is 13.2 Å². The second-order valence-electron chi connectivity index (χ2n) is 5.21. The Labute approximate surface area is 124 Å². The van der Waals surface area contributed by atoms with E-state index in [4.69, 9.17) is 9.84 Å². The van der Waals surface area contributed by atoms with E-state index in [1.165, 1.54) is 6.26 Å². The number of nitrogens with zero attached hydrogens (tertiary/aromatic N) is 1. The van der Waals surface area contributed by atoms with Gasteiger partial charge in [0.2, 0.25) is 0 Å². The van der Waals surface area contributed by atoms with E-state index in [1.54, 1.807) is 24.3 Å². The first-order chi connectivity index (χ1) is 9.86. The Morgan fingerprint density at radius 1 is 1.38 bits per heavy atom. The number of morpholine rings is 1. The van der Waals surface area contributed by atoms with Gasteiger partial charge >= 0.3 is 5.97 Å². The van der Waals surface area contributed by atoms with E-state index in [1.807, 2.05) is 0 Å². The van der Waals surface area contributed by atoms with Crippen molar-refractivity contribution >= 4 is 15.8 Å². The Balaban J connectivity index is 2.07. The monoisotopic (exact) mass is 313 g/mol. The molecule has 0 aromatic heterocycles. The van der Waals surface area contributed by atoms with Crippen LogP contribution < -0.4 is 0 Å². The third-order valence-electron chi connectivity index (χ3n) is 3.50. The summed E-state index contributed by atoms with van der Waals surface area (Å²) in [5, 5.41) is 8.93. The van der Waals surface area contributed by atoms with Crippen LogP contribution in [0.25, 0.3) is 0 Å². The first kappa shape index (κ1) is 15.9. The van der Waals surface area contributed by atoms with Crippen molar-refractivity contribution in [1.82, 2.24) is 4.90 Å². The summed E-state index contributed by atoms with van der Waals surface area (Å²) < 4.78 is 28.2. The van der Waals surface area contributed by atoms with Gasteiger partial charge < -0.3 is 9.84 Å². The standard InChI is InChI=1S/C14H19NO5S/c1-21(18,19)13-4-2-11(3-5-13)9-15-6-7-20-10-12(15)8-14(16)17/h2-5,12H,6-10H2,1H3,(H,16,17). The van der Waals surface area contributed by atoms with Gasteiger partial charge in [-0.1, -0.05) is 12.1 Å². The molecule has 0 bridgehead atoms. The fourth-order valence-corrected chi connectivity index (χ4v) is 2.99. The molecule has 1 aliphatic rings.